The number of amides is 1. The van der Waals surface area contributed by atoms with Crippen molar-refractivity contribution in [1.82, 2.24) is 9.80 Å². The van der Waals surface area contributed by atoms with Gasteiger partial charge in [0.15, 0.2) is 18.1 Å². The fourth-order valence-electron chi connectivity index (χ4n) is 3.73. The van der Waals surface area contributed by atoms with E-state index in [1.807, 2.05) is 55.1 Å². The summed E-state index contributed by atoms with van der Waals surface area (Å²) in [5, 5.41) is 0. The molecule has 2 aromatic carbocycles. The second-order valence-corrected chi connectivity index (χ2v) is 8.20. The SMILES string of the molecule is CC(C)Oc1ccccc1OCC(=O)N1C[C@H](C)N(Cc2ccc(F)cc2)C[C@H]1C. The molecule has 0 N–H and O–H groups in total. The third-order valence-corrected chi connectivity index (χ3v) is 5.30. The van der Waals surface area contributed by atoms with E-state index in [1.165, 1.54) is 12.1 Å². The molecule has 0 aliphatic carbocycles. The van der Waals surface area contributed by atoms with Gasteiger partial charge in [-0.15, -0.1) is 0 Å². The van der Waals surface area contributed by atoms with Crippen molar-refractivity contribution >= 4 is 5.91 Å². The number of para-hydroxylation sites is 2. The fraction of sp³-hybridized carbons (Fsp3) is 0.458. The second-order valence-electron chi connectivity index (χ2n) is 8.20. The molecule has 162 valence electrons. The molecule has 1 aliphatic rings. The molecule has 0 saturated carbocycles. The van der Waals surface area contributed by atoms with Gasteiger partial charge >= 0.3 is 0 Å². The molecule has 5 nitrogen and oxygen atoms in total. The first kappa shape index (κ1) is 22.1. The molecule has 3 rings (SSSR count). The predicted molar refractivity (Wildman–Crippen MR) is 115 cm³/mol. The van der Waals surface area contributed by atoms with Crippen LogP contribution < -0.4 is 9.47 Å². The van der Waals surface area contributed by atoms with Crippen molar-refractivity contribution < 1.29 is 18.7 Å². The lowest BCUT2D eigenvalue weighted by molar-refractivity contribution is -0.139. The third-order valence-electron chi connectivity index (χ3n) is 5.30. The number of hydrogen-bond acceptors (Lipinski definition) is 4. The van der Waals surface area contributed by atoms with Gasteiger partial charge in [0.2, 0.25) is 0 Å². The first-order chi connectivity index (χ1) is 14.3. The summed E-state index contributed by atoms with van der Waals surface area (Å²) < 4.78 is 24.7. The highest BCUT2D eigenvalue weighted by Crippen LogP contribution is 2.27. The minimum absolute atomic E-state index is 0.0203. The van der Waals surface area contributed by atoms with Crippen LogP contribution in [0.1, 0.15) is 33.3 Å². The van der Waals surface area contributed by atoms with Gasteiger partial charge in [-0.1, -0.05) is 24.3 Å². The minimum atomic E-state index is -0.226. The summed E-state index contributed by atoms with van der Waals surface area (Å²) in [4.78, 5) is 17.1. The van der Waals surface area contributed by atoms with Crippen LogP contribution in [0, 0.1) is 5.82 Å². The lowest BCUT2D eigenvalue weighted by atomic mass is 10.1. The Balaban J connectivity index is 1.57. The zero-order chi connectivity index (χ0) is 21.7. The van der Waals surface area contributed by atoms with Gasteiger partial charge in [-0.05, 0) is 57.5 Å². The summed E-state index contributed by atoms with van der Waals surface area (Å²) in [6.45, 7) is 10.2. The van der Waals surface area contributed by atoms with Gasteiger partial charge < -0.3 is 14.4 Å². The van der Waals surface area contributed by atoms with E-state index in [0.29, 0.717) is 18.0 Å². The van der Waals surface area contributed by atoms with Crippen molar-refractivity contribution in [3.63, 3.8) is 0 Å². The number of nitrogens with zero attached hydrogens (tertiary/aromatic N) is 2. The Morgan fingerprint density at radius 1 is 1.03 bits per heavy atom. The molecule has 6 heteroatoms. The van der Waals surface area contributed by atoms with Crippen LogP contribution in [-0.2, 0) is 11.3 Å². The molecule has 0 aromatic heterocycles. The van der Waals surface area contributed by atoms with Crippen molar-refractivity contribution in [3.8, 4) is 11.5 Å². The maximum absolute atomic E-state index is 13.1. The van der Waals surface area contributed by atoms with E-state index in [1.54, 1.807) is 0 Å². The van der Waals surface area contributed by atoms with E-state index in [4.69, 9.17) is 9.47 Å². The van der Waals surface area contributed by atoms with Crippen LogP contribution in [-0.4, -0.2) is 53.6 Å². The zero-order valence-corrected chi connectivity index (χ0v) is 18.2. The molecule has 1 saturated heterocycles. The standard InChI is InChI=1S/C24H31FN2O3/c1-17(2)30-23-8-6-5-7-22(23)29-16-24(28)27-14-18(3)26(13-19(27)4)15-20-9-11-21(25)12-10-20/h5-12,17-19H,13-16H2,1-4H3/t18-,19+/m0/s1. The Labute approximate surface area is 178 Å². The summed E-state index contributed by atoms with van der Waals surface area (Å²) in [5.41, 5.74) is 1.07. The minimum Gasteiger partial charge on any atom is -0.487 e. The van der Waals surface area contributed by atoms with Gasteiger partial charge in [-0.2, -0.15) is 0 Å². The molecule has 1 heterocycles. The number of piperazine rings is 1. The fourth-order valence-corrected chi connectivity index (χ4v) is 3.73. The van der Waals surface area contributed by atoms with Crippen LogP contribution in [0.2, 0.25) is 0 Å². The third kappa shape index (κ3) is 5.72. The van der Waals surface area contributed by atoms with E-state index in [2.05, 4.69) is 18.7 Å². The Bertz CT molecular complexity index is 841. The quantitative estimate of drug-likeness (QED) is 0.684. The monoisotopic (exact) mass is 414 g/mol. The normalized spacial score (nSPS) is 19.7. The van der Waals surface area contributed by atoms with E-state index in [9.17, 15) is 9.18 Å². The number of benzene rings is 2. The maximum Gasteiger partial charge on any atom is 0.260 e. The molecular formula is C24H31FN2O3. The van der Waals surface area contributed by atoms with Gasteiger partial charge in [0.1, 0.15) is 5.82 Å². The Kier molecular flexibility index (Phi) is 7.32. The van der Waals surface area contributed by atoms with E-state index in [0.717, 1.165) is 18.7 Å². The number of hydrogen-bond donors (Lipinski definition) is 0. The van der Waals surface area contributed by atoms with Crippen molar-refractivity contribution in [1.29, 1.82) is 0 Å². The van der Waals surface area contributed by atoms with Gasteiger partial charge in [0.05, 0.1) is 6.10 Å². The van der Waals surface area contributed by atoms with Gasteiger partial charge in [-0.3, -0.25) is 9.69 Å². The molecule has 30 heavy (non-hydrogen) atoms. The van der Waals surface area contributed by atoms with E-state index < -0.39 is 0 Å². The van der Waals surface area contributed by atoms with Gasteiger partial charge in [0, 0.05) is 31.7 Å². The highest BCUT2D eigenvalue weighted by Gasteiger charge is 2.32. The van der Waals surface area contributed by atoms with Crippen LogP contribution >= 0.6 is 0 Å². The van der Waals surface area contributed by atoms with Crippen molar-refractivity contribution in [2.24, 2.45) is 0 Å². The van der Waals surface area contributed by atoms with Crippen LogP contribution in [0.3, 0.4) is 0 Å². The first-order valence-corrected chi connectivity index (χ1v) is 10.5. The molecule has 0 radical (unpaired) electrons. The van der Waals surface area contributed by atoms with Crippen LogP contribution in [0.15, 0.2) is 48.5 Å². The van der Waals surface area contributed by atoms with Gasteiger partial charge in [0.25, 0.3) is 5.91 Å². The molecule has 0 spiro atoms. The highest BCUT2D eigenvalue weighted by molar-refractivity contribution is 5.78. The maximum atomic E-state index is 13.1. The Morgan fingerprint density at radius 3 is 2.37 bits per heavy atom. The van der Waals surface area contributed by atoms with Crippen LogP contribution in [0.4, 0.5) is 4.39 Å². The van der Waals surface area contributed by atoms with E-state index in [-0.39, 0.29) is 36.5 Å². The summed E-state index contributed by atoms with van der Waals surface area (Å²) in [6, 6.07) is 14.3. The molecule has 0 unspecified atom stereocenters. The Morgan fingerprint density at radius 2 is 1.70 bits per heavy atom. The average molecular weight is 415 g/mol. The molecule has 0 bridgehead atoms. The number of halogens is 1. The highest BCUT2D eigenvalue weighted by atomic mass is 19.1. The first-order valence-electron chi connectivity index (χ1n) is 10.5. The lowest BCUT2D eigenvalue weighted by Crippen LogP contribution is -2.58. The molecule has 2 atom stereocenters. The van der Waals surface area contributed by atoms with Gasteiger partial charge in [-0.25, -0.2) is 4.39 Å². The molecule has 1 aliphatic heterocycles. The smallest absolute Gasteiger partial charge is 0.260 e. The van der Waals surface area contributed by atoms with Crippen LogP contribution in [0.5, 0.6) is 11.5 Å². The average Bonchev–Trinajstić information content (AvgIpc) is 2.71. The number of carbonyl (C=O) groups is 1. The number of ether oxygens (including phenoxy) is 2. The topological polar surface area (TPSA) is 42.0 Å². The van der Waals surface area contributed by atoms with Crippen molar-refractivity contribution in [2.75, 3.05) is 19.7 Å². The van der Waals surface area contributed by atoms with E-state index >= 15 is 0 Å². The Hall–Kier alpha value is -2.60. The van der Waals surface area contributed by atoms with Crippen LogP contribution in [0.25, 0.3) is 0 Å². The largest absolute Gasteiger partial charge is 0.487 e. The molecule has 1 fully saturated rings. The second kappa shape index (κ2) is 9.94. The summed E-state index contributed by atoms with van der Waals surface area (Å²) in [6.07, 6.45) is 0.0282. The summed E-state index contributed by atoms with van der Waals surface area (Å²) >= 11 is 0. The predicted octanol–water partition coefficient (Wildman–Crippen LogP) is 4.11. The molecule has 2 aromatic rings. The molecular weight excluding hydrogens is 383 g/mol. The molecule has 1 amide bonds. The lowest BCUT2D eigenvalue weighted by Gasteiger charge is -2.44. The number of carbonyl (C=O) groups excluding carboxylic acids is 1. The summed E-state index contributed by atoms with van der Waals surface area (Å²) in [5.74, 6) is 0.965. The van der Waals surface area contributed by atoms with Crippen molar-refractivity contribution in [2.45, 2.75) is 52.4 Å². The zero-order valence-electron chi connectivity index (χ0n) is 18.2. The summed E-state index contributed by atoms with van der Waals surface area (Å²) in [7, 11) is 0. The van der Waals surface area contributed by atoms with Crippen molar-refractivity contribution in [3.05, 3.63) is 59.9 Å². The number of rotatable bonds is 7.